The Balaban J connectivity index is 0.000000178. The molecular weight excluding hydrogens is 1400 g/mol. The van der Waals surface area contributed by atoms with Crippen LogP contribution in [0.4, 0.5) is 28.9 Å². The normalized spacial score (nSPS) is 10.6. The summed E-state index contributed by atoms with van der Waals surface area (Å²) in [7, 11) is 4.42. The lowest BCUT2D eigenvalue weighted by Crippen LogP contribution is -2.12. The smallest absolute Gasteiger partial charge is 0.371 e. The summed E-state index contributed by atoms with van der Waals surface area (Å²) in [6.07, 6.45) is 1.44. The van der Waals surface area contributed by atoms with Crippen molar-refractivity contribution in [2.75, 3.05) is 32.8 Å². The lowest BCUT2D eigenvalue weighted by Gasteiger charge is -2.10. The van der Waals surface area contributed by atoms with E-state index in [1.54, 1.807) is 97.1 Å². The first kappa shape index (κ1) is 78.4. The minimum Gasteiger partial charge on any atom is -0.505 e. The van der Waals surface area contributed by atoms with Crippen molar-refractivity contribution < 1.29 is 74.0 Å². The molecule has 30 nitrogen and oxygen atoms in total. The number of ether oxygens (including phenoxy) is 3. The fourth-order valence-corrected chi connectivity index (χ4v) is 10.3. The third-order valence-corrected chi connectivity index (χ3v) is 15.2. The highest BCUT2D eigenvalue weighted by Crippen LogP contribution is 2.40. The number of phenols is 1. The molecule has 8 aromatic carbocycles. The molecule has 34 heteroatoms. The highest BCUT2D eigenvalue weighted by molar-refractivity contribution is 5.98. The number of benzene rings is 8. The fraction of sp³-hybridized carbons (Fsp3) is 0.151. The molecule has 0 unspecified atom stereocenters. The number of aromatic hydroxyl groups is 1. The Kier molecular flexibility index (Phi) is 25.0. The number of methoxy groups -OCH3 is 3. The quantitative estimate of drug-likeness (QED) is 0.0284. The molecule has 0 bridgehead atoms. The van der Waals surface area contributed by atoms with Crippen molar-refractivity contribution in [1.82, 2.24) is 70.7 Å². The molecule has 15 rings (SSSR count). The summed E-state index contributed by atoms with van der Waals surface area (Å²) in [5.74, 6) is -0.858. The second-order valence-electron chi connectivity index (χ2n) is 22.1. The van der Waals surface area contributed by atoms with Gasteiger partial charge in [-0.1, -0.05) is 78.2 Å². The van der Waals surface area contributed by atoms with Crippen LogP contribution in [0.2, 0.25) is 0 Å². The van der Waals surface area contributed by atoms with Gasteiger partial charge in [-0.2, -0.15) is 0 Å². The summed E-state index contributed by atoms with van der Waals surface area (Å²) in [5.41, 5.74) is 30.6. The van der Waals surface area contributed by atoms with Crippen LogP contribution in [0.3, 0.4) is 0 Å². The summed E-state index contributed by atoms with van der Waals surface area (Å²) >= 11 is 0. The zero-order chi connectivity index (χ0) is 72.6. The first-order valence-electron chi connectivity index (χ1n) is 30.4. The molecule has 0 aliphatic heterocycles. The van der Waals surface area contributed by atoms with Gasteiger partial charge < -0.3 is 80.0 Å². The van der Waals surface area contributed by atoms with E-state index in [0.717, 1.165) is 22.3 Å². The number of phenolic OH excluding ortho intramolecular Hbond substituents is 1. The number of halogens is 4. The lowest BCUT2D eigenvalue weighted by atomic mass is 10.1. The lowest BCUT2D eigenvalue weighted by molar-refractivity contribution is 0.0684. The molecular formula is C73H70F4N18O12. The topological polar surface area (TPSA) is 465 Å². The summed E-state index contributed by atoms with van der Waals surface area (Å²) in [6.45, 7) is 0. The number of hydrogen-bond acceptors (Lipinski definition) is 24. The molecule has 0 spiro atoms. The van der Waals surface area contributed by atoms with E-state index in [9.17, 15) is 37.1 Å². The predicted octanol–water partition coefficient (Wildman–Crippen LogP) is 12.8. The fourth-order valence-electron chi connectivity index (χ4n) is 10.3. The Morgan fingerprint density at radius 2 is 0.673 bits per heavy atom. The Morgan fingerprint density at radius 1 is 0.393 bits per heavy atom. The average Bonchev–Trinajstić information content (AvgIpc) is 1.66. The zero-order valence-corrected chi connectivity index (χ0v) is 53.9. The van der Waals surface area contributed by atoms with Crippen molar-refractivity contribution in [3.8, 4) is 68.8 Å². The van der Waals surface area contributed by atoms with Gasteiger partial charge >= 0.3 is 5.97 Å². The molecule has 0 atom stereocenters. The number of H-pyrrole nitrogens is 3. The van der Waals surface area contributed by atoms with Gasteiger partial charge in [-0.15, -0.1) is 40.8 Å². The number of aromatic nitrogens is 14. The van der Waals surface area contributed by atoms with Gasteiger partial charge in [0.15, 0.2) is 34.6 Å². The van der Waals surface area contributed by atoms with Crippen LogP contribution in [0.1, 0.15) is 107 Å². The van der Waals surface area contributed by atoms with E-state index in [2.05, 4.69) is 70.7 Å². The van der Waals surface area contributed by atoms with Crippen molar-refractivity contribution in [1.29, 1.82) is 0 Å². The van der Waals surface area contributed by atoms with Crippen molar-refractivity contribution in [2.45, 2.75) is 55.4 Å². The van der Waals surface area contributed by atoms with Gasteiger partial charge in [0.25, 0.3) is 35.4 Å². The largest absolute Gasteiger partial charge is 0.505 e. The number of carbonyl (C=O) groups is 3. The number of nitrogens with two attached hydrogens (primary N) is 4. The Bertz CT molecular complexity index is 5400. The maximum Gasteiger partial charge on any atom is 0.371 e. The van der Waals surface area contributed by atoms with Crippen LogP contribution in [0, 0.1) is 23.3 Å². The number of carboxylic acid groups (broad SMARTS) is 1. The molecule has 0 aliphatic carbocycles. The summed E-state index contributed by atoms with van der Waals surface area (Å²) < 4.78 is 90.7. The second-order valence-corrected chi connectivity index (χ2v) is 22.1. The van der Waals surface area contributed by atoms with Gasteiger partial charge in [-0.05, 0) is 119 Å². The van der Waals surface area contributed by atoms with Crippen LogP contribution >= 0.6 is 0 Å². The first-order chi connectivity index (χ1) is 49.7. The van der Waals surface area contributed by atoms with Crippen molar-refractivity contribution in [3.63, 3.8) is 0 Å². The number of amides is 2. The number of aromatic carboxylic acids is 1. The molecule has 0 fully saturated rings. The number of nitrogen functional groups attached to an aromatic ring is 2. The number of primary amides is 2. The molecule has 2 amide bonds. The van der Waals surface area contributed by atoms with Crippen LogP contribution in [0.25, 0.3) is 78.9 Å². The third kappa shape index (κ3) is 17.8. The van der Waals surface area contributed by atoms with Gasteiger partial charge in [0.2, 0.25) is 29.4 Å². The molecule has 13 N–H and O–H groups in total. The molecule has 7 heterocycles. The number of nitrogens with one attached hydrogen (secondary N) is 3. The van der Waals surface area contributed by atoms with E-state index in [1.165, 1.54) is 69.9 Å². The maximum atomic E-state index is 13.0. The van der Waals surface area contributed by atoms with Crippen LogP contribution in [0.15, 0.2) is 163 Å². The SMILES string of the molecule is C.C.C.C.COc1c(-c2nnc(Cc3ccc(F)cc3)o2)ccc(N)c1N.COc1c(-c2nnc(Cc3ccc(F)cc3)o2)ccc2[nH]c(C(=O)O)nc12.COc1c(-c2nnc(Cc3ccc(F)cc3)o2)ccc2[nH]c(C(N)=O)nc12.NC(=O)c1nc2c(O)c(-c3nnc(Cc4ccc(F)cc4)o3)ccc2[nH]1. The highest BCUT2D eigenvalue weighted by Gasteiger charge is 2.25. The van der Waals surface area contributed by atoms with E-state index in [0.29, 0.717) is 122 Å². The molecule has 7 aromatic heterocycles. The monoisotopic (exact) mass is 1470 g/mol. The van der Waals surface area contributed by atoms with Gasteiger partial charge in [0.1, 0.15) is 39.8 Å². The number of carboxylic acids is 1. The zero-order valence-electron chi connectivity index (χ0n) is 53.9. The van der Waals surface area contributed by atoms with E-state index in [1.807, 2.05) is 0 Å². The van der Waals surface area contributed by atoms with Crippen LogP contribution in [-0.2, 0) is 25.7 Å². The Morgan fingerprint density at radius 3 is 1.00 bits per heavy atom. The van der Waals surface area contributed by atoms with Gasteiger partial charge in [-0.25, -0.2) is 37.3 Å². The van der Waals surface area contributed by atoms with Crippen molar-refractivity contribution >= 4 is 62.3 Å². The Hall–Kier alpha value is -14.3. The van der Waals surface area contributed by atoms with Crippen molar-refractivity contribution in [2.24, 2.45) is 11.5 Å². The number of aromatic amines is 3. The number of rotatable bonds is 18. The van der Waals surface area contributed by atoms with E-state index >= 15 is 0 Å². The van der Waals surface area contributed by atoms with Crippen LogP contribution < -0.4 is 37.1 Å². The number of anilines is 2. The number of hydrogen-bond donors (Lipinski definition) is 9. The van der Waals surface area contributed by atoms with Crippen molar-refractivity contribution in [3.05, 3.63) is 232 Å². The second kappa shape index (κ2) is 34.1. The minimum atomic E-state index is -1.17. The minimum absolute atomic E-state index is 0. The maximum absolute atomic E-state index is 13.0. The van der Waals surface area contributed by atoms with Gasteiger partial charge in [0, 0.05) is 0 Å². The molecule has 552 valence electrons. The summed E-state index contributed by atoms with van der Waals surface area (Å²) in [4.78, 5) is 54.1. The van der Waals surface area contributed by atoms with Gasteiger partial charge in [0.05, 0.1) is 97.2 Å². The summed E-state index contributed by atoms with van der Waals surface area (Å²) in [5, 5.41) is 51.5. The number of nitrogens with zero attached hydrogens (tertiary/aromatic N) is 11. The number of carbonyl (C=O) groups excluding carboxylic acids is 2. The third-order valence-electron chi connectivity index (χ3n) is 15.2. The average molecular weight is 1470 g/mol. The first-order valence-corrected chi connectivity index (χ1v) is 30.4. The molecule has 0 aliphatic rings. The summed E-state index contributed by atoms with van der Waals surface area (Å²) in [6, 6.07) is 37.4. The number of imidazole rings is 3. The standard InChI is InChI=1S/C18H14FN5O3.C18H13FN4O4.C17H12FN5O3.C16H15FN4O2.4CH4/c1-26-15-11(6-7-12-14(15)22-17(21-12)16(20)25)18-24-23-13(27-18)8-9-2-4-10(19)5-3-9;1-26-15-11(6-7-12-14(15)21-16(20-12)18(24)25)17-23-22-13(27-17)8-9-2-4-10(19)5-3-9;18-9-3-1-8(2-4-9)7-12-22-23-17(26-12)10-5-6-11-13(14(10)24)21-16(20-11)15(19)25;1-22-15-11(6-7-12(18)14(15)19)16-21-20-13(23-16)8-9-2-4-10(17)5-3-9;;;;/h2-7H,8H2,1H3,(H2,20,25)(H,21,22);2-7H,8H2,1H3,(H,20,21)(H,24,25);1-6,24H,7H2,(H2,19,25)(H,20,21);2-7H,8,18-19H2,1H3;4*1H4. The van der Waals surface area contributed by atoms with E-state index in [4.69, 9.17) is 59.9 Å². The molecule has 0 saturated carbocycles. The molecule has 15 aromatic rings. The van der Waals surface area contributed by atoms with Crippen LogP contribution in [0.5, 0.6) is 23.0 Å². The highest BCUT2D eigenvalue weighted by atomic mass is 19.1. The molecule has 107 heavy (non-hydrogen) atoms. The van der Waals surface area contributed by atoms with E-state index < -0.39 is 17.8 Å². The Labute approximate surface area is 605 Å². The molecule has 0 radical (unpaired) electrons. The number of fused-ring (bicyclic) bond motifs is 3. The van der Waals surface area contributed by atoms with Gasteiger partial charge in [-0.3, -0.25) is 9.59 Å². The van der Waals surface area contributed by atoms with Crippen LogP contribution in [-0.4, -0.2) is 120 Å². The molecule has 0 saturated heterocycles. The predicted molar refractivity (Wildman–Crippen MR) is 386 cm³/mol. The van der Waals surface area contributed by atoms with E-state index in [-0.39, 0.29) is 111 Å².